The van der Waals surface area contributed by atoms with E-state index in [1.54, 1.807) is 29.3 Å². The Balaban J connectivity index is 1.58. The second kappa shape index (κ2) is 9.34. The van der Waals surface area contributed by atoms with E-state index in [9.17, 15) is 4.79 Å². The van der Waals surface area contributed by atoms with E-state index in [0.29, 0.717) is 20.6 Å². The number of nitrogens with zero attached hydrogens (tertiary/aromatic N) is 2. The first-order chi connectivity index (χ1) is 16.0. The number of allylic oxidation sites excluding steroid dienone is 1. The van der Waals surface area contributed by atoms with Gasteiger partial charge in [0.1, 0.15) is 0 Å². The monoisotopic (exact) mass is 494 g/mol. The molecule has 1 aliphatic heterocycles. The molecular formula is C27H21Cl3N2O. The molecule has 33 heavy (non-hydrogen) atoms. The van der Waals surface area contributed by atoms with E-state index in [1.807, 2.05) is 48.5 Å². The van der Waals surface area contributed by atoms with Crippen LogP contribution < -0.4 is 0 Å². The van der Waals surface area contributed by atoms with Crippen molar-refractivity contribution in [1.29, 1.82) is 0 Å². The van der Waals surface area contributed by atoms with Crippen molar-refractivity contribution >= 4 is 52.5 Å². The van der Waals surface area contributed by atoms with Gasteiger partial charge in [0.25, 0.3) is 5.91 Å². The Morgan fingerprint density at radius 3 is 2.30 bits per heavy atom. The van der Waals surface area contributed by atoms with E-state index < -0.39 is 0 Å². The van der Waals surface area contributed by atoms with Gasteiger partial charge in [0.2, 0.25) is 0 Å². The average Bonchev–Trinajstić information content (AvgIpc) is 3.21. The minimum absolute atomic E-state index is 0.113. The molecule has 1 saturated carbocycles. The Morgan fingerprint density at radius 1 is 0.909 bits per heavy atom. The fourth-order valence-corrected chi connectivity index (χ4v) is 5.12. The third kappa shape index (κ3) is 4.59. The smallest absolute Gasteiger partial charge is 0.267 e. The zero-order valence-electron chi connectivity index (χ0n) is 17.7. The predicted molar refractivity (Wildman–Crippen MR) is 136 cm³/mol. The Bertz CT molecular complexity index is 1250. The second-order valence-electron chi connectivity index (χ2n) is 8.36. The lowest BCUT2D eigenvalue weighted by Crippen LogP contribution is -2.31. The summed E-state index contributed by atoms with van der Waals surface area (Å²) in [6, 6.07) is 22.3. The van der Waals surface area contributed by atoms with Crippen LogP contribution in [0.5, 0.6) is 0 Å². The highest BCUT2D eigenvalue weighted by Crippen LogP contribution is 2.45. The first-order valence-corrected chi connectivity index (χ1v) is 12.0. The highest BCUT2D eigenvalue weighted by molar-refractivity contribution is 6.31. The molecule has 0 spiro atoms. The van der Waals surface area contributed by atoms with E-state index in [2.05, 4.69) is 6.08 Å². The van der Waals surface area contributed by atoms with Crippen molar-refractivity contribution in [3.05, 3.63) is 110 Å². The molecule has 5 rings (SSSR count). The van der Waals surface area contributed by atoms with Gasteiger partial charge in [-0.1, -0.05) is 65.1 Å². The van der Waals surface area contributed by atoms with Gasteiger partial charge in [-0.25, -0.2) is 5.01 Å². The van der Waals surface area contributed by atoms with Gasteiger partial charge in [-0.2, -0.15) is 5.10 Å². The van der Waals surface area contributed by atoms with Gasteiger partial charge < -0.3 is 0 Å². The van der Waals surface area contributed by atoms with E-state index in [0.717, 1.165) is 41.7 Å². The molecule has 3 aromatic carbocycles. The van der Waals surface area contributed by atoms with E-state index >= 15 is 0 Å². The Hall–Kier alpha value is -2.59. The number of rotatable bonds is 3. The van der Waals surface area contributed by atoms with E-state index in [1.165, 1.54) is 0 Å². The summed E-state index contributed by atoms with van der Waals surface area (Å²) in [4.78, 5) is 13.6. The van der Waals surface area contributed by atoms with Crippen LogP contribution in [0.1, 0.15) is 46.8 Å². The Labute approximate surface area is 208 Å². The summed E-state index contributed by atoms with van der Waals surface area (Å²) in [5, 5.41) is 8.45. The molecule has 0 bridgehead atoms. The van der Waals surface area contributed by atoms with Gasteiger partial charge in [0, 0.05) is 26.5 Å². The number of carbonyl (C=O) groups is 1. The van der Waals surface area contributed by atoms with Crippen molar-refractivity contribution in [3.63, 3.8) is 0 Å². The highest BCUT2D eigenvalue weighted by atomic mass is 35.5. The van der Waals surface area contributed by atoms with E-state index in [4.69, 9.17) is 39.9 Å². The molecule has 1 aliphatic carbocycles. The van der Waals surface area contributed by atoms with Crippen molar-refractivity contribution in [1.82, 2.24) is 5.01 Å². The predicted octanol–water partition coefficient (Wildman–Crippen LogP) is 8.08. The molecule has 6 heteroatoms. The standard InChI is InChI=1S/C27H21Cl3N2O/c28-21-11-7-17(8-12-21)15-19-3-2-6-24-25(19)31-32(26(24)18-9-13-22(29)14-10-18)27(33)20-4-1-5-23(30)16-20/h1,4-5,7-16,24,26H,2-3,6H2/b19-15+/t24-,26+/m0/s1. The largest absolute Gasteiger partial charge is 0.274 e. The zero-order chi connectivity index (χ0) is 22.9. The lowest BCUT2D eigenvalue weighted by atomic mass is 9.77. The lowest BCUT2D eigenvalue weighted by Gasteiger charge is -2.29. The highest BCUT2D eigenvalue weighted by Gasteiger charge is 2.43. The van der Waals surface area contributed by atoms with Crippen molar-refractivity contribution in [2.24, 2.45) is 11.0 Å². The zero-order valence-corrected chi connectivity index (χ0v) is 20.0. The van der Waals surface area contributed by atoms with Crippen LogP contribution in [0.2, 0.25) is 15.1 Å². The first-order valence-electron chi connectivity index (χ1n) is 10.9. The summed E-state index contributed by atoms with van der Waals surface area (Å²) >= 11 is 18.4. The molecule has 0 unspecified atom stereocenters. The number of amides is 1. The third-order valence-electron chi connectivity index (χ3n) is 6.20. The quantitative estimate of drug-likeness (QED) is 0.361. The van der Waals surface area contributed by atoms with Gasteiger partial charge in [0.05, 0.1) is 11.8 Å². The number of fused-ring (bicyclic) bond motifs is 1. The van der Waals surface area contributed by atoms with Gasteiger partial charge in [-0.15, -0.1) is 0 Å². The normalized spacial score (nSPS) is 21.1. The maximum atomic E-state index is 13.6. The minimum atomic E-state index is -0.197. The van der Waals surface area contributed by atoms with Gasteiger partial charge in [-0.3, -0.25) is 4.79 Å². The van der Waals surface area contributed by atoms with Crippen molar-refractivity contribution in [3.8, 4) is 0 Å². The summed E-state index contributed by atoms with van der Waals surface area (Å²) in [5.41, 5.74) is 4.75. The molecular weight excluding hydrogens is 475 g/mol. The Morgan fingerprint density at radius 2 is 1.61 bits per heavy atom. The van der Waals surface area contributed by atoms with E-state index in [-0.39, 0.29) is 17.9 Å². The van der Waals surface area contributed by atoms with Crippen LogP contribution in [-0.4, -0.2) is 16.6 Å². The van der Waals surface area contributed by atoms with Crippen LogP contribution in [0.25, 0.3) is 6.08 Å². The summed E-state index contributed by atoms with van der Waals surface area (Å²) in [5.74, 6) is -0.0493. The summed E-state index contributed by atoms with van der Waals surface area (Å²) in [6.07, 6.45) is 5.08. The maximum Gasteiger partial charge on any atom is 0.274 e. The molecule has 1 fully saturated rings. The van der Waals surface area contributed by atoms with Crippen LogP contribution in [-0.2, 0) is 0 Å². The SMILES string of the molecule is O=C(c1cccc(Cl)c1)N1N=C2/C(=C/c3ccc(Cl)cc3)CCC[C@@H]2[C@H]1c1ccc(Cl)cc1. The molecule has 2 atom stereocenters. The summed E-state index contributed by atoms with van der Waals surface area (Å²) in [7, 11) is 0. The molecule has 0 saturated heterocycles. The fraction of sp³-hybridized carbons (Fsp3) is 0.185. The molecule has 3 nitrogen and oxygen atoms in total. The number of hydrogen-bond acceptors (Lipinski definition) is 2. The number of hydrazone groups is 1. The fourth-order valence-electron chi connectivity index (χ4n) is 4.68. The second-order valence-corrected chi connectivity index (χ2v) is 9.67. The number of hydrogen-bond donors (Lipinski definition) is 0. The van der Waals surface area contributed by atoms with Crippen LogP contribution in [0.3, 0.4) is 0 Å². The molecule has 0 N–H and O–H groups in total. The first kappa shape index (κ1) is 22.2. The maximum absolute atomic E-state index is 13.6. The molecule has 166 valence electrons. The number of carbonyl (C=O) groups excluding carboxylic acids is 1. The third-order valence-corrected chi connectivity index (χ3v) is 6.94. The van der Waals surface area contributed by atoms with Crippen molar-refractivity contribution in [2.75, 3.05) is 0 Å². The van der Waals surface area contributed by atoms with Crippen LogP contribution >= 0.6 is 34.8 Å². The van der Waals surface area contributed by atoms with Gasteiger partial charge in [-0.05, 0) is 84.5 Å². The van der Waals surface area contributed by atoms with Crippen LogP contribution in [0.15, 0.2) is 83.5 Å². The van der Waals surface area contributed by atoms with Gasteiger partial charge in [0.15, 0.2) is 0 Å². The summed E-state index contributed by atoms with van der Waals surface area (Å²) < 4.78 is 0. The average molecular weight is 496 g/mol. The molecule has 0 aromatic heterocycles. The Kier molecular flexibility index (Phi) is 6.29. The van der Waals surface area contributed by atoms with Crippen molar-refractivity contribution in [2.45, 2.75) is 25.3 Å². The van der Waals surface area contributed by atoms with Crippen molar-refractivity contribution < 1.29 is 4.79 Å². The number of halogens is 3. The van der Waals surface area contributed by atoms with Crippen LogP contribution in [0.4, 0.5) is 0 Å². The summed E-state index contributed by atoms with van der Waals surface area (Å²) in [6.45, 7) is 0. The number of benzene rings is 3. The molecule has 1 heterocycles. The molecule has 0 radical (unpaired) electrons. The van der Waals surface area contributed by atoms with Crippen LogP contribution in [0, 0.1) is 5.92 Å². The minimum Gasteiger partial charge on any atom is -0.267 e. The lowest BCUT2D eigenvalue weighted by molar-refractivity contribution is 0.0681. The molecule has 1 amide bonds. The molecule has 2 aliphatic rings. The van der Waals surface area contributed by atoms with Gasteiger partial charge >= 0.3 is 0 Å². The molecule has 3 aromatic rings. The topological polar surface area (TPSA) is 32.7 Å².